The number of hydrogen-bond donors (Lipinski definition) is 1. The van der Waals surface area contributed by atoms with Gasteiger partial charge < -0.3 is 5.73 Å². The van der Waals surface area contributed by atoms with E-state index in [-0.39, 0.29) is 17.7 Å². The van der Waals surface area contributed by atoms with E-state index in [1.807, 2.05) is 6.92 Å². The van der Waals surface area contributed by atoms with Gasteiger partial charge in [-0.05, 0) is 25.2 Å². The van der Waals surface area contributed by atoms with E-state index < -0.39 is 10.0 Å². The lowest BCUT2D eigenvalue weighted by Crippen LogP contribution is -2.48. The SMILES string of the molecule is CCCC(C)CS(=O)(=O)N1CCCCC1CN. The summed E-state index contributed by atoms with van der Waals surface area (Å²) < 4.78 is 26.3. The van der Waals surface area contributed by atoms with Gasteiger partial charge in [0.2, 0.25) is 10.0 Å². The molecule has 4 nitrogen and oxygen atoms in total. The molecule has 0 amide bonds. The van der Waals surface area contributed by atoms with E-state index in [4.69, 9.17) is 5.73 Å². The van der Waals surface area contributed by atoms with Crippen LogP contribution in [0, 0.1) is 5.92 Å². The van der Waals surface area contributed by atoms with Gasteiger partial charge in [-0.15, -0.1) is 0 Å². The maximum atomic E-state index is 12.3. The molecule has 2 unspecified atom stereocenters. The standard InChI is InChI=1S/C12H26N2O2S/c1-3-6-11(2)10-17(15,16)14-8-5-4-7-12(14)9-13/h11-12H,3-10,13H2,1-2H3. The Morgan fingerprint density at radius 3 is 2.71 bits per heavy atom. The lowest BCUT2D eigenvalue weighted by atomic mass is 10.1. The number of nitrogens with two attached hydrogens (primary N) is 1. The molecule has 0 aromatic heterocycles. The Morgan fingerprint density at radius 2 is 2.12 bits per heavy atom. The topological polar surface area (TPSA) is 63.4 Å². The molecule has 1 fully saturated rings. The Kier molecular flexibility index (Phi) is 5.89. The molecule has 1 rings (SSSR count). The molecule has 17 heavy (non-hydrogen) atoms. The van der Waals surface area contributed by atoms with Gasteiger partial charge in [0, 0.05) is 19.1 Å². The fourth-order valence-corrected chi connectivity index (χ4v) is 4.74. The van der Waals surface area contributed by atoms with E-state index in [9.17, 15) is 8.42 Å². The predicted molar refractivity (Wildman–Crippen MR) is 71.3 cm³/mol. The van der Waals surface area contributed by atoms with E-state index in [1.165, 1.54) is 0 Å². The first-order valence-electron chi connectivity index (χ1n) is 6.70. The minimum absolute atomic E-state index is 0.0302. The molecule has 5 heteroatoms. The monoisotopic (exact) mass is 262 g/mol. The average Bonchev–Trinajstić information content (AvgIpc) is 2.28. The maximum absolute atomic E-state index is 12.3. The molecular weight excluding hydrogens is 236 g/mol. The molecule has 2 atom stereocenters. The predicted octanol–water partition coefficient (Wildman–Crippen LogP) is 1.57. The lowest BCUT2D eigenvalue weighted by molar-refractivity contribution is 0.256. The molecule has 0 saturated carbocycles. The fourth-order valence-electron chi connectivity index (χ4n) is 2.61. The number of rotatable bonds is 6. The number of hydrogen-bond acceptors (Lipinski definition) is 3. The van der Waals surface area contributed by atoms with E-state index in [0.717, 1.165) is 32.1 Å². The van der Waals surface area contributed by atoms with Gasteiger partial charge in [0.25, 0.3) is 0 Å². The fraction of sp³-hybridized carbons (Fsp3) is 1.00. The summed E-state index contributed by atoms with van der Waals surface area (Å²) in [6.07, 6.45) is 4.99. The van der Waals surface area contributed by atoms with Crippen LogP contribution in [-0.2, 0) is 10.0 Å². The van der Waals surface area contributed by atoms with Crippen LogP contribution >= 0.6 is 0 Å². The van der Waals surface area contributed by atoms with Gasteiger partial charge in [0.15, 0.2) is 0 Å². The van der Waals surface area contributed by atoms with Gasteiger partial charge in [-0.1, -0.05) is 26.7 Å². The Labute approximate surface area is 106 Å². The quantitative estimate of drug-likeness (QED) is 0.790. The molecule has 1 saturated heterocycles. The summed E-state index contributed by atoms with van der Waals surface area (Å²) in [5.74, 6) is 0.516. The van der Waals surface area contributed by atoms with Crippen molar-refractivity contribution in [2.24, 2.45) is 11.7 Å². The highest BCUT2D eigenvalue weighted by molar-refractivity contribution is 7.89. The van der Waals surface area contributed by atoms with Crippen LogP contribution in [0.4, 0.5) is 0 Å². The van der Waals surface area contributed by atoms with E-state index in [1.54, 1.807) is 4.31 Å². The molecule has 0 aliphatic carbocycles. The summed E-state index contributed by atoms with van der Waals surface area (Å²) >= 11 is 0. The molecule has 1 heterocycles. The molecular formula is C12H26N2O2S. The van der Waals surface area contributed by atoms with Crippen molar-refractivity contribution in [1.29, 1.82) is 0 Å². The smallest absolute Gasteiger partial charge is 0.214 e. The summed E-state index contributed by atoms with van der Waals surface area (Å²) in [4.78, 5) is 0. The second-order valence-electron chi connectivity index (χ2n) is 5.17. The summed E-state index contributed by atoms with van der Waals surface area (Å²) in [7, 11) is -3.11. The van der Waals surface area contributed by atoms with Crippen LogP contribution < -0.4 is 5.73 Å². The normalized spacial score (nSPS) is 24.8. The van der Waals surface area contributed by atoms with Crippen molar-refractivity contribution in [1.82, 2.24) is 4.31 Å². The third-order valence-corrected chi connectivity index (χ3v) is 5.66. The van der Waals surface area contributed by atoms with Crippen molar-refractivity contribution < 1.29 is 8.42 Å². The lowest BCUT2D eigenvalue weighted by Gasteiger charge is -2.34. The number of nitrogens with zero attached hydrogens (tertiary/aromatic N) is 1. The van der Waals surface area contributed by atoms with Crippen LogP contribution in [0.2, 0.25) is 0 Å². The van der Waals surface area contributed by atoms with Crippen LogP contribution in [0.1, 0.15) is 46.0 Å². The summed E-state index contributed by atoms with van der Waals surface area (Å²) in [5, 5.41) is 0. The summed E-state index contributed by atoms with van der Waals surface area (Å²) in [5.41, 5.74) is 5.67. The van der Waals surface area contributed by atoms with E-state index >= 15 is 0 Å². The molecule has 0 radical (unpaired) electrons. The molecule has 1 aliphatic rings. The van der Waals surface area contributed by atoms with Crippen LogP contribution in [0.25, 0.3) is 0 Å². The molecule has 102 valence electrons. The molecule has 2 N–H and O–H groups in total. The zero-order valence-electron chi connectivity index (χ0n) is 11.1. The third-order valence-electron chi connectivity index (χ3n) is 3.48. The second kappa shape index (κ2) is 6.71. The minimum atomic E-state index is -3.11. The Bertz CT molecular complexity index is 316. The van der Waals surface area contributed by atoms with Crippen LogP contribution in [0.15, 0.2) is 0 Å². The molecule has 0 spiro atoms. The van der Waals surface area contributed by atoms with Crippen molar-refractivity contribution in [3.63, 3.8) is 0 Å². The highest BCUT2D eigenvalue weighted by Gasteiger charge is 2.31. The molecule has 0 aromatic rings. The number of piperidine rings is 1. The van der Waals surface area contributed by atoms with Gasteiger partial charge in [0.05, 0.1) is 5.75 Å². The van der Waals surface area contributed by atoms with Gasteiger partial charge in [-0.25, -0.2) is 8.42 Å². The van der Waals surface area contributed by atoms with Crippen molar-refractivity contribution in [3.05, 3.63) is 0 Å². The van der Waals surface area contributed by atoms with Crippen LogP contribution in [0.5, 0.6) is 0 Å². The zero-order chi connectivity index (χ0) is 12.9. The molecule has 0 bridgehead atoms. The second-order valence-corrected chi connectivity index (χ2v) is 7.13. The van der Waals surface area contributed by atoms with Crippen molar-refractivity contribution in [2.75, 3.05) is 18.8 Å². The zero-order valence-corrected chi connectivity index (χ0v) is 11.9. The summed E-state index contributed by atoms with van der Waals surface area (Å²) in [6, 6.07) is 0.0302. The van der Waals surface area contributed by atoms with Gasteiger partial charge in [-0.3, -0.25) is 0 Å². The third kappa shape index (κ3) is 4.23. The first kappa shape index (κ1) is 14.9. The largest absolute Gasteiger partial charge is 0.329 e. The van der Waals surface area contributed by atoms with Crippen molar-refractivity contribution in [3.8, 4) is 0 Å². The first-order chi connectivity index (χ1) is 8.01. The minimum Gasteiger partial charge on any atom is -0.329 e. The Balaban J connectivity index is 2.67. The molecule has 0 aromatic carbocycles. The van der Waals surface area contributed by atoms with Crippen LogP contribution in [0.3, 0.4) is 0 Å². The van der Waals surface area contributed by atoms with Crippen LogP contribution in [-0.4, -0.2) is 37.6 Å². The maximum Gasteiger partial charge on any atom is 0.214 e. The summed E-state index contributed by atoms with van der Waals surface area (Å²) in [6.45, 7) is 5.21. The Hall–Kier alpha value is -0.130. The van der Waals surface area contributed by atoms with Crippen molar-refractivity contribution >= 4 is 10.0 Å². The first-order valence-corrected chi connectivity index (χ1v) is 8.31. The Morgan fingerprint density at radius 1 is 1.41 bits per heavy atom. The van der Waals surface area contributed by atoms with Crippen molar-refractivity contribution in [2.45, 2.75) is 52.0 Å². The highest BCUT2D eigenvalue weighted by atomic mass is 32.2. The number of sulfonamides is 1. The highest BCUT2D eigenvalue weighted by Crippen LogP contribution is 2.22. The van der Waals surface area contributed by atoms with E-state index in [0.29, 0.717) is 13.1 Å². The van der Waals surface area contributed by atoms with Gasteiger partial charge in [-0.2, -0.15) is 4.31 Å². The average molecular weight is 262 g/mol. The van der Waals surface area contributed by atoms with E-state index in [2.05, 4.69) is 6.92 Å². The van der Waals surface area contributed by atoms with Gasteiger partial charge in [0.1, 0.15) is 0 Å². The van der Waals surface area contributed by atoms with Gasteiger partial charge >= 0.3 is 0 Å². The molecule has 1 aliphatic heterocycles.